The number of rotatable bonds is 4. The first kappa shape index (κ1) is 14.9. The number of carbonyl (C=O) groups excluding carboxylic acids is 1. The second-order valence-electron chi connectivity index (χ2n) is 4.96. The summed E-state index contributed by atoms with van der Waals surface area (Å²) in [6.45, 7) is 4.07. The third-order valence-electron chi connectivity index (χ3n) is 3.33. The van der Waals surface area contributed by atoms with Gasteiger partial charge in [-0.15, -0.1) is 0 Å². The summed E-state index contributed by atoms with van der Waals surface area (Å²) in [6, 6.07) is 13.5. The maximum atomic E-state index is 12.1. The van der Waals surface area contributed by atoms with Crippen molar-refractivity contribution in [1.29, 1.82) is 0 Å². The monoisotopic (exact) mass is 280 g/mol. The van der Waals surface area contributed by atoms with Crippen LogP contribution in [0.4, 0.5) is 11.4 Å². The Hall–Kier alpha value is -2.55. The zero-order valence-corrected chi connectivity index (χ0v) is 12.4. The molecule has 0 aromatic heterocycles. The molecule has 0 radical (unpaired) electrons. The third kappa shape index (κ3) is 3.96. The summed E-state index contributed by atoms with van der Waals surface area (Å²) in [6.07, 6.45) is 4.17. The molecule has 0 spiro atoms. The van der Waals surface area contributed by atoms with E-state index in [-0.39, 0.29) is 5.91 Å². The highest BCUT2D eigenvalue weighted by Crippen LogP contribution is 2.21. The number of nitrogens with two attached hydrogens (primary N) is 1. The summed E-state index contributed by atoms with van der Waals surface area (Å²) in [5.41, 5.74) is 10.4. The van der Waals surface area contributed by atoms with E-state index < -0.39 is 0 Å². The number of hydrogen-bond acceptors (Lipinski definition) is 2. The minimum absolute atomic E-state index is 0.138. The molecule has 0 saturated carbocycles. The molecular formula is C18H20N2O. The van der Waals surface area contributed by atoms with Gasteiger partial charge in [-0.2, -0.15) is 0 Å². The molecule has 0 saturated heterocycles. The van der Waals surface area contributed by atoms with Crippen LogP contribution in [-0.4, -0.2) is 5.91 Å². The van der Waals surface area contributed by atoms with Crippen LogP contribution in [-0.2, 0) is 11.2 Å². The molecule has 0 atom stereocenters. The second-order valence-corrected chi connectivity index (χ2v) is 4.96. The first-order valence-corrected chi connectivity index (χ1v) is 7.03. The number of carbonyl (C=O) groups is 1. The molecule has 3 nitrogen and oxygen atoms in total. The van der Waals surface area contributed by atoms with E-state index in [1.807, 2.05) is 49.4 Å². The lowest BCUT2D eigenvalue weighted by atomic mass is 10.1. The molecule has 0 unspecified atom stereocenters. The summed E-state index contributed by atoms with van der Waals surface area (Å²) in [4.78, 5) is 12.1. The molecule has 3 heteroatoms. The Morgan fingerprint density at radius 1 is 1.24 bits per heavy atom. The number of para-hydroxylation sites is 1. The normalized spacial score (nSPS) is 10.8. The number of hydrogen-bond donors (Lipinski definition) is 2. The Bertz CT molecular complexity index is 675. The number of nitrogens with one attached hydrogen (secondary N) is 1. The zero-order valence-electron chi connectivity index (χ0n) is 12.4. The lowest BCUT2D eigenvalue weighted by Gasteiger charge is -2.11. The highest BCUT2D eigenvalue weighted by atomic mass is 16.1. The van der Waals surface area contributed by atoms with E-state index in [1.165, 1.54) is 6.08 Å². The van der Waals surface area contributed by atoms with Crippen LogP contribution in [0.3, 0.4) is 0 Å². The van der Waals surface area contributed by atoms with Crippen molar-refractivity contribution in [2.75, 3.05) is 11.1 Å². The molecule has 108 valence electrons. The SMILES string of the molecule is CCc1cccc(C)c1NC(=O)/C=C/c1cccc(N)c1. The smallest absolute Gasteiger partial charge is 0.248 e. The maximum absolute atomic E-state index is 12.1. The van der Waals surface area contributed by atoms with Gasteiger partial charge in [0.1, 0.15) is 0 Å². The van der Waals surface area contributed by atoms with Crippen molar-refractivity contribution in [2.45, 2.75) is 20.3 Å². The number of nitrogen functional groups attached to an aromatic ring is 1. The van der Waals surface area contributed by atoms with E-state index in [2.05, 4.69) is 12.2 Å². The highest BCUT2D eigenvalue weighted by molar-refractivity contribution is 6.02. The summed E-state index contributed by atoms with van der Waals surface area (Å²) < 4.78 is 0. The molecule has 0 aliphatic rings. The molecule has 3 N–H and O–H groups in total. The van der Waals surface area contributed by atoms with Gasteiger partial charge in [0.25, 0.3) is 0 Å². The van der Waals surface area contributed by atoms with Gasteiger partial charge in [-0.3, -0.25) is 4.79 Å². The number of aryl methyl sites for hydroxylation is 2. The number of anilines is 2. The van der Waals surface area contributed by atoms with Gasteiger partial charge in [0.15, 0.2) is 0 Å². The molecule has 2 aromatic rings. The van der Waals surface area contributed by atoms with Crippen LogP contribution in [0.5, 0.6) is 0 Å². The van der Waals surface area contributed by atoms with Gasteiger partial charge >= 0.3 is 0 Å². The topological polar surface area (TPSA) is 55.1 Å². The van der Waals surface area contributed by atoms with Gasteiger partial charge < -0.3 is 11.1 Å². The van der Waals surface area contributed by atoms with Crippen molar-refractivity contribution in [3.05, 3.63) is 65.2 Å². The quantitative estimate of drug-likeness (QED) is 0.661. The van der Waals surface area contributed by atoms with E-state index >= 15 is 0 Å². The molecule has 0 aliphatic heterocycles. The predicted molar refractivity (Wildman–Crippen MR) is 89.1 cm³/mol. The van der Waals surface area contributed by atoms with E-state index in [4.69, 9.17) is 5.73 Å². The van der Waals surface area contributed by atoms with Crippen LogP contribution in [0.2, 0.25) is 0 Å². The largest absolute Gasteiger partial charge is 0.399 e. The lowest BCUT2D eigenvalue weighted by molar-refractivity contribution is -0.111. The Morgan fingerprint density at radius 3 is 2.71 bits per heavy atom. The fraction of sp³-hybridized carbons (Fsp3) is 0.167. The lowest BCUT2D eigenvalue weighted by Crippen LogP contribution is -2.11. The van der Waals surface area contributed by atoms with Gasteiger partial charge in [-0.05, 0) is 48.2 Å². The maximum Gasteiger partial charge on any atom is 0.248 e. The zero-order chi connectivity index (χ0) is 15.2. The average Bonchev–Trinajstić information content (AvgIpc) is 2.47. The van der Waals surface area contributed by atoms with Crippen molar-refractivity contribution in [3.63, 3.8) is 0 Å². The van der Waals surface area contributed by atoms with Gasteiger partial charge in [0.2, 0.25) is 5.91 Å². The fourth-order valence-corrected chi connectivity index (χ4v) is 2.20. The van der Waals surface area contributed by atoms with E-state index in [0.29, 0.717) is 5.69 Å². The summed E-state index contributed by atoms with van der Waals surface area (Å²) in [5.74, 6) is -0.138. The summed E-state index contributed by atoms with van der Waals surface area (Å²) >= 11 is 0. The molecule has 0 bridgehead atoms. The van der Waals surface area contributed by atoms with Crippen molar-refractivity contribution >= 4 is 23.4 Å². The van der Waals surface area contributed by atoms with Crippen LogP contribution >= 0.6 is 0 Å². The van der Waals surface area contributed by atoms with Gasteiger partial charge in [-0.25, -0.2) is 0 Å². The van der Waals surface area contributed by atoms with Crippen LogP contribution in [0.15, 0.2) is 48.5 Å². The van der Waals surface area contributed by atoms with Crippen LogP contribution in [0.25, 0.3) is 6.08 Å². The molecule has 0 aliphatic carbocycles. The third-order valence-corrected chi connectivity index (χ3v) is 3.33. The Kier molecular flexibility index (Phi) is 4.77. The average molecular weight is 280 g/mol. The van der Waals surface area contributed by atoms with E-state index in [1.54, 1.807) is 6.08 Å². The number of amides is 1. The minimum atomic E-state index is -0.138. The first-order chi connectivity index (χ1) is 10.1. The Labute approximate surface area is 125 Å². The Balaban J connectivity index is 2.12. The molecular weight excluding hydrogens is 260 g/mol. The van der Waals surface area contributed by atoms with Crippen molar-refractivity contribution in [1.82, 2.24) is 0 Å². The van der Waals surface area contributed by atoms with Gasteiger partial charge in [-0.1, -0.05) is 37.3 Å². The fourth-order valence-electron chi connectivity index (χ4n) is 2.20. The molecule has 1 amide bonds. The van der Waals surface area contributed by atoms with Crippen molar-refractivity contribution in [3.8, 4) is 0 Å². The molecule has 0 fully saturated rings. The van der Waals surface area contributed by atoms with Gasteiger partial charge in [0, 0.05) is 17.5 Å². The Morgan fingerprint density at radius 2 is 2.00 bits per heavy atom. The van der Waals surface area contributed by atoms with E-state index in [0.717, 1.165) is 28.8 Å². The van der Waals surface area contributed by atoms with Gasteiger partial charge in [0.05, 0.1) is 0 Å². The summed E-state index contributed by atoms with van der Waals surface area (Å²) in [7, 11) is 0. The molecule has 0 heterocycles. The van der Waals surface area contributed by atoms with Crippen molar-refractivity contribution < 1.29 is 4.79 Å². The summed E-state index contributed by atoms with van der Waals surface area (Å²) in [5, 5.41) is 2.96. The number of benzene rings is 2. The first-order valence-electron chi connectivity index (χ1n) is 7.03. The molecule has 2 rings (SSSR count). The predicted octanol–water partition coefficient (Wildman–Crippen LogP) is 3.79. The molecule has 2 aromatic carbocycles. The van der Waals surface area contributed by atoms with E-state index in [9.17, 15) is 4.79 Å². The molecule has 21 heavy (non-hydrogen) atoms. The standard InChI is InChI=1S/C18H20N2O/c1-3-15-8-4-6-13(2)18(15)20-17(21)11-10-14-7-5-9-16(19)12-14/h4-12H,3,19H2,1-2H3,(H,20,21)/b11-10+. The second kappa shape index (κ2) is 6.75. The van der Waals surface area contributed by atoms with Crippen LogP contribution < -0.4 is 11.1 Å². The minimum Gasteiger partial charge on any atom is -0.399 e. The van der Waals surface area contributed by atoms with Crippen LogP contribution in [0.1, 0.15) is 23.6 Å². The van der Waals surface area contributed by atoms with Crippen LogP contribution in [0, 0.1) is 6.92 Å². The highest BCUT2D eigenvalue weighted by Gasteiger charge is 2.06. The van der Waals surface area contributed by atoms with Crippen molar-refractivity contribution in [2.24, 2.45) is 0 Å².